The fourth-order valence-corrected chi connectivity index (χ4v) is 3.38. The molecule has 4 rings (SSSR count). The van der Waals surface area contributed by atoms with Crippen LogP contribution in [0.2, 0.25) is 0 Å². The van der Waals surface area contributed by atoms with Crippen LogP contribution in [0, 0.1) is 5.82 Å². The van der Waals surface area contributed by atoms with Crippen molar-refractivity contribution < 1.29 is 22.7 Å². The van der Waals surface area contributed by atoms with E-state index >= 15 is 0 Å². The first kappa shape index (κ1) is 19.9. The molecule has 2 aromatic heterocycles. The van der Waals surface area contributed by atoms with Crippen molar-refractivity contribution in [2.45, 2.75) is 25.3 Å². The smallest absolute Gasteiger partial charge is 0.280 e. The standard InChI is InChI=1S/C20H18F3N5O2/c1-27(19(29)12-3-4-15(21)17(8-12)30-2)13-5-11(6-13)7-14-9-16(18(22)23)26-20-24-10-25-28(14)20/h3-4,7-10,13,18H,5-6H2,1-2H3. The van der Waals surface area contributed by atoms with Crippen LogP contribution in [0.5, 0.6) is 5.75 Å². The molecule has 2 heterocycles. The van der Waals surface area contributed by atoms with Gasteiger partial charge in [0.1, 0.15) is 12.0 Å². The quantitative estimate of drug-likeness (QED) is 0.635. The molecule has 1 amide bonds. The highest BCUT2D eigenvalue weighted by atomic mass is 19.3. The molecule has 0 radical (unpaired) electrons. The van der Waals surface area contributed by atoms with Gasteiger partial charge >= 0.3 is 0 Å². The van der Waals surface area contributed by atoms with Gasteiger partial charge in [0.15, 0.2) is 11.6 Å². The Balaban J connectivity index is 1.49. The number of carbonyl (C=O) groups is 1. The van der Waals surface area contributed by atoms with E-state index in [1.165, 1.54) is 42.2 Å². The summed E-state index contributed by atoms with van der Waals surface area (Å²) in [6.45, 7) is 0. The molecule has 0 saturated heterocycles. The molecule has 0 atom stereocenters. The van der Waals surface area contributed by atoms with Gasteiger partial charge in [-0.25, -0.2) is 18.2 Å². The number of benzene rings is 1. The number of ether oxygens (including phenoxy) is 1. The van der Waals surface area contributed by atoms with Crippen LogP contribution in [0.4, 0.5) is 13.2 Å². The molecular weight excluding hydrogens is 399 g/mol. The number of hydrogen-bond donors (Lipinski definition) is 0. The molecule has 3 aromatic rings. The van der Waals surface area contributed by atoms with Crippen molar-refractivity contribution in [1.82, 2.24) is 24.5 Å². The average Bonchev–Trinajstić information content (AvgIpc) is 3.18. The van der Waals surface area contributed by atoms with Crippen molar-refractivity contribution in [2.24, 2.45) is 0 Å². The molecule has 0 aliphatic heterocycles. The molecular formula is C20H18F3N5O2. The number of nitrogens with zero attached hydrogens (tertiary/aromatic N) is 5. The normalized spacial score (nSPS) is 15.9. The van der Waals surface area contributed by atoms with E-state index in [-0.39, 0.29) is 29.2 Å². The van der Waals surface area contributed by atoms with E-state index in [1.807, 2.05) is 0 Å². The third-order valence-electron chi connectivity index (χ3n) is 5.14. The number of amides is 1. The summed E-state index contributed by atoms with van der Waals surface area (Å²) in [4.78, 5) is 22.0. The second kappa shape index (κ2) is 7.77. The van der Waals surface area contributed by atoms with Gasteiger partial charge in [0.25, 0.3) is 18.1 Å². The van der Waals surface area contributed by atoms with Gasteiger partial charge in [-0.05, 0) is 43.2 Å². The fourth-order valence-electron chi connectivity index (χ4n) is 3.38. The highest BCUT2D eigenvalue weighted by Crippen LogP contribution is 2.33. The van der Waals surface area contributed by atoms with E-state index in [4.69, 9.17) is 4.74 Å². The van der Waals surface area contributed by atoms with Gasteiger partial charge in [-0.2, -0.15) is 14.6 Å². The monoisotopic (exact) mass is 417 g/mol. The van der Waals surface area contributed by atoms with Crippen LogP contribution in [0.15, 0.2) is 36.2 Å². The second-order valence-electron chi connectivity index (χ2n) is 7.01. The lowest BCUT2D eigenvalue weighted by molar-refractivity contribution is 0.0699. The van der Waals surface area contributed by atoms with Gasteiger partial charge < -0.3 is 9.64 Å². The van der Waals surface area contributed by atoms with Crippen LogP contribution in [-0.2, 0) is 0 Å². The van der Waals surface area contributed by atoms with Crippen LogP contribution < -0.4 is 4.74 Å². The summed E-state index contributed by atoms with van der Waals surface area (Å²) in [7, 11) is 3.01. The van der Waals surface area contributed by atoms with Gasteiger partial charge in [-0.1, -0.05) is 5.57 Å². The van der Waals surface area contributed by atoms with E-state index in [1.54, 1.807) is 18.0 Å². The van der Waals surface area contributed by atoms with Crippen molar-refractivity contribution in [2.75, 3.05) is 14.2 Å². The van der Waals surface area contributed by atoms with Gasteiger partial charge in [0.2, 0.25) is 0 Å². The van der Waals surface area contributed by atoms with E-state index in [0.717, 1.165) is 5.57 Å². The fraction of sp³-hybridized carbons (Fsp3) is 0.300. The molecule has 0 unspecified atom stereocenters. The molecule has 156 valence electrons. The highest BCUT2D eigenvalue weighted by Gasteiger charge is 2.31. The number of aromatic nitrogens is 4. The van der Waals surface area contributed by atoms with Crippen LogP contribution in [-0.4, -0.2) is 50.6 Å². The third-order valence-corrected chi connectivity index (χ3v) is 5.14. The number of hydrogen-bond acceptors (Lipinski definition) is 5. The number of methoxy groups -OCH3 is 1. The second-order valence-corrected chi connectivity index (χ2v) is 7.01. The number of carbonyl (C=O) groups excluding carboxylic acids is 1. The molecule has 10 heteroatoms. The first-order valence-electron chi connectivity index (χ1n) is 9.16. The summed E-state index contributed by atoms with van der Waals surface area (Å²) in [5.41, 5.74) is 1.40. The molecule has 0 bridgehead atoms. The van der Waals surface area contributed by atoms with Gasteiger partial charge in [0, 0.05) is 18.7 Å². The molecule has 0 spiro atoms. The lowest BCUT2D eigenvalue weighted by Gasteiger charge is -2.37. The Bertz CT molecular complexity index is 1140. The van der Waals surface area contributed by atoms with Crippen LogP contribution in [0.3, 0.4) is 0 Å². The summed E-state index contributed by atoms with van der Waals surface area (Å²) in [5, 5.41) is 4.02. The number of halogens is 3. The number of rotatable bonds is 5. The SMILES string of the molecule is COc1cc(C(=O)N(C)C2CC(=Cc3cc(C(F)F)nc4ncnn34)C2)ccc1F. The summed E-state index contributed by atoms with van der Waals surface area (Å²) in [5.74, 6) is -0.675. The average molecular weight is 417 g/mol. The zero-order valence-corrected chi connectivity index (χ0v) is 16.2. The Morgan fingerprint density at radius 2 is 2.10 bits per heavy atom. The summed E-state index contributed by atoms with van der Waals surface area (Å²) in [6, 6.07) is 5.21. The molecule has 1 saturated carbocycles. The topological polar surface area (TPSA) is 72.6 Å². The number of alkyl halides is 2. The minimum absolute atomic E-state index is 0.00724. The molecule has 7 nitrogen and oxygen atoms in total. The zero-order valence-electron chi connectivity index (χ0n) is 16.2. The minimum atomic E-state index is -2.71. The zero-order chi connectivity index (χ0) is 21.4. The maximum absolute atomic E-state index is 13.6. The van der Waals surface area contributed by atoms with E-state index in [0.29, 0.717) is 24.1 Å². The Kier molecular flexibility index (Phi) is 5.15. The number of fused-ring (bicyclic) bond motifs is 1. The molecule has 1 aromatic carbocycles. The Labute approximate surface area is 169 Å². The van der Waals surface area contributed by atoms with E-state index in [2.05, 4.69) is 15.1 Å². The predicted molar refractivity (Wildman–Crippen MR) is 102 cm³/mol. The van der Waals surface area contributed by atoms with E-state index in [9.17, 15) is 18.0 Å². The minimum Gasteiger partial charge on any atom is -0.494 e. The van der Waals surface area contributed by atoms with Crippen molar-refractivity contribution >= 4 is 17.8 Å². The van der Waals surface area contributed by atoms with Crippen LogP contribution >= 0.6 is 0 Å². The van der Waals surface area contributed by atoms with Gasteiger partial charge in [0.05, 0.1) is 12.8 Å². The summed E-state index contributed by atoms with van der Waals surface area (Å²) >= 11 is 0. The molecule has 1 aliphatic carbocycles. The highest BCUT2D eigenvalue weighted by molar-refractivity contribution is 5.94. The lowest BCUT2D eigenvalue weighted by Crippen LogP contribution is -2.42. The molecule has 0 N–H and O–H groups in total. The maximum Gasteiger partial charge on any atom is 0.280 e. The van der Waals surface area contributed by atoms with E-state index < -0.39 is 12.2 Å². The Hall–Kier alpha value is -3.43. The van der Waals surface area contributed by atoms with Gasteiger partial charge in [-0.15, -0.1) is 0 Å². The van der Waals surface area contributed by atoms with Crippen molar-refractivity contribution in [1.29, 1.82) is 0 Å². The summed E-state index contributed by atoms with van der Waals surface area (Å²) < 4.78 is 46.1. The predicted octanol–water partition coefficient (Wildman–Crippen LogP) is 3.53. The molecule has 30 heavy (non-hydrogen) atoms. The first-order valence-corrected chi connectivity index (χ1v) is 9.16. The van der Waals surface area contributed by atoms with Crippen LogP contribution in [0.1, 0.15) is 41.0 Å². The van der Waals surface area contributed by atoms with Crippen molar-refractivity contribution in [3.8, 4) is 5.75 Å². The molecule has 1 fully saturated rings. The van der Waals surface area contributed by atoms with Crippen LogP contribution in [0.25, 0.3) is 11.9 Å². The third kappa shape index (κ3) is 3.60. The summed E-state index contributed by atoms with van der Waals surface area (Å²) in [6.07, 6.45) is 1.48. The van der Waals surface area contributed by atoms with Crippen molar-refractivity contribution in [3.63, 3.8) is 0 Å². The largest absolute Gasteiger partial charge is 0.494 e. The Morgan fingerprint density at radius 3 is 2.80 bits per heavy atom. The first-order chi connectivity index (χ1) is 14.4. The van der Waals surface area contributed by atoms with Gasteiger partial charge in [-0.3, -0.25) is 4.79 Å². The maximum atomic E-state index is 13.6. The van der Waals surface area contributed by atoms with Crippen molar-refractivity contribution in [3.05, 3.63) is 58.9 Å². The molecule has 1 aliphatic rings. The Morgan fingerprint density at radius 1 is 1.33 bits per heavy atom. The lowest BCUT2D eigenvalue weighted by atomic mass is 9.84.